The first-order valence-corrected chi connectivity index (χ1v) is 5.82. The highest BCUT2D eigenvalue weighted by atomic mass is 35.5. The van der Waals surface area contributed by atoms with E-state index in [1.165, 1.54) is 11.1 Å². The Kier molecular flexibility index (Phi) is 3.89. The fourth-order valence-electron chi connectivity index (χ4n) is 1.51. The van der Waals surface area contributed by atoms with Gasteiger partial charge >= 0.3 is 0 Å². The maximum Gasteiger partial charge on any atom is 0.131 e. The summed E-state index contributed by atoms with van der Waals surface area (Å²) < 4.78 is 0. The van der Waals surface area contributed by atoms with Gasteiger partial charge in [-0.3, -0.25) is 0 Å². The summed E-state index contributed by atoms with van der Waals surface area (Å²) in [5.74, 6) is 0.834. The lowest BCUT2D eigenvalue weighted by Gasteiger charge is -2.01. The van der Waals surface area contributed by atoms with Gasteiger partial charge in [-0.15, -0.1) is 0 Å². The van der Waals surface area contributed by atoms with Gasteiger partial charge in [0.25, 0.3) is 0 Å². The molecule has 2 aromatic rings. The van der Waals surface area contributed by atoms with E-state index in [0.29, 0.717) is 0 Å². The highest BCUT2D eigenvalue weighted by molar-refractivity contribution is 6.30. The quantitative estimate of drug-likeness (QED) is 0.821. The summed E-state index contributed by atoms with van der Waals surface area (Å²) in [4.78, 5) is 8.36. The molecule has 0 N–H and O–H groups in total. The molecule has 2 nitrogen and oxygen atoms in total. The Bertz CT molecular complexity index is 504. The van der Waals surface area contributed by atoms with Crippen molar-refractivity contribution in [2.45, 2.75) is 13.3 Å². The zero-order chi connectivity index (χ0) is 12.1. The van der Waals surface area contributed by atoms with Gasteiger partial charge in [-0.05, 0) is 36.3 Å². The summed E-state index contributed by atoms with van der Waals surface area (Å²) in [7, 11) is 0. The normalized spacial score (nSPS) is 11.5. The van der Waals surface area contributed by atoms with Gasteiger partial charge in [-0.25, -0.2) is 9.97 Å². The number of nitrogens with zero attached hydrogens (tertiary/aromatic N) is 2. The minimum Gasteiger partial charge on any atom is -0.241 e. The molecule has 0 saturated heterocycles. The van der Waals surface area contributed by atoms with E-state index < -0.39 is 0 Å². The van der Waals surface area contributed by atoms with Crippen LogP contribution in [0.15, 0.2) is 48.8 Å². The number of rotatable bonds is 3. The van der Waals surface area contributed by atoms with E-state index in [4.69, 9.17) is 11.6 Å². The van der Waals surface area contributed by atoms with Gasteiger partial charge in [0.05, 0.1) is 0 Å². The highest BCUT2D eigenvalue weighted by Gasteiger charge is 1.97. The zero-order valence-corrected chi connectivity index (χ0v) is 10.4. The third-order valence-corrected chi connectivity index (χ3v) is 2.76. The molecule has 0 atom stereocenters. The Morgan fingerprint density at radius 2 is 1.82 bits per heavy atom. The number of aromatic nitrogens is 2. The molecule has 17 heavy (non-hydrogen) atoms. The van der Waals surface area contributed by atoms with E-state index >= 15 is 0 Å². The number of benzene rings is 1. The fourth-order valence-corrected chi connectivity index (χ4v) is 1.64. The van der Waals surface area contributed by atoms with Crippen molar-refractivity contribution in [2.24, 2.45) is 0 Å². The zero-order valence-electron chi connectivity index (χ0n) is 9.60. The summed E-state index contributed by atoms with van der Waals surface area (Å²) in [6.07, 6.45) is 6.38. The van der Waals surface area contributed by atoms with Crippen molar-refractivity contribution in [3.05, 3.63) is 65.2 Å². The molecule has 0 aliphatic rings. The maximum atomic E-state index is 5.85. The van der Waals surface area contributed by atoms with Crippen LogP contribution in [0.2, 0.25) is 5.02 Å². The minimum absolute atomic E-state index is 0.745. The van der Waals surface area contributed by atoms with Crippen LogP contribution in [0.25, 0.3) is 5.57 Å². The van der Waals surface area contributed by atoms with E-state index in [0.717, 1.165) is 17.3 Å². The monoisotopic (exact) mass is 244 g/mol. The molecule has 0 unspecified atom stereocenters. The largest absolute Gasteiger partial charge is 0.241 e. The van der Waals surface area contributed by atoms with Crippen molar-refractivity contribution in [3.8, 4) is 0 Å². The summed E-state index contributed by atoms with van der Waals surface area (Å²) >= 11 is 5.85. The molecule has 86 valence electrons. The molecule has 0 spiro atoms. The van der Waals surface area contributed by atoms with Crippen LogP contribution in [0.3, 0.4) is 0 Å². The Morgan fingerprint density at radius 1 is 1.18 bits per heavy atom. The van der Waals surface area contributed by atoms with Crippen molar-refractivity contribution in [1.82, 2.24) is 9.97 Å². The Morgan fingerprint density at radius 3 is 2.47 bits per heavy atom. The molecule has 1 aromatic heterocycles. The van der Waals surface area contributed by atoms with E-state index in [9.17, 15) is 0 Å². The lowest BCUT2D eigenvalue weighted by atomic mass is 10.1. The van der Waals surface area contributed by atoms with Gasteiger partial charge in [0.1, 0.15) is 5.82 Å². The van der Waals surface area contributed by atoms with E-state index in [1.54, 1.807) is 12.4 Å². The fraction of sp³-hybridized carbons (Fsp3) is 0.143. The molecule has 2 rings (SSSR count). The highest BCUT2D eigenvalue weighted by Crippen LogP contribution is 2.17. The molecule has 0 aliphatic carbocycles. The number of halogens is 1. The Labute approximate surface area is 106 Å². The summed E-state index contributed by atoms with van der Waals surface area (Å²) in [6, 6.07) is 9.64. The molecule has 1 aromatic carbocycles. The Balaban J connectivity index is 2.10. The van der Waals surface area contributed by atoms with Crippen LogP contribution in [0, 0.1) is 0 Å². The van der Waals surface area contributed by atoms with Gasteiger partial charge in [-0.2, -0.15) is 0 Å². The van der Waals surface area contributed by atoms with Gasteiger partial charge < -0.3 is 0 Å². The van der Waals surface area contributed by atoms with Crippen LogP contribution in [0.1, 0.15) is 18.3 Å². The lowest BCUT2D eigenvalue weighted by molar-refractivity contribution is 0.989. The van der Waals surface area contributed by atoms with Crippen LogP contribution < -0.4 is 0 Å². The Hall–Kier alpha value is -1.67. The summed E-state index contributed by atoms with van der Waals surface area (Å²) in [6.45, 7) is 2.08. The van der Waals surface area contributed by atoms with E-state index in [1.807, 2.05) is 30.3 Å². The van der Waals surface area contributed by atoms with Gasteiger partial charge in [0.15, 0.2) is 0 Å². The first-order valence-electron chi connectivity index (χ1n) is 5.44. The van der Waals surface area contributed by atoms with Crippen LogP contribution in [0.4, 0.5) is 0 Å². The second kappa shape index (κ2) is 5.60. The predicted molar refractivity (Wildman–Crippen MR) is 70.8 cm³/mol. The van der Waals surface area contributed by atoms with Crippen molar-refractivity contribution < 1.29 is 0 Å². The molecule has 0 saturated carbocycles. The first-order chi connectivity index (χ1) is 8.25. The molecular formula is C14H13ClN2. The third kappa shape index (κ3) is 3.40. The topological polar surface area (TPSA) is 25.8 Å². The van der Waals surface area contributed by atoms with Crippen LogP contribution in [0.5, 0.6) is 0 Å². The first kappa shape index (κ1) is 11.8. The standard InChI is InChI=1S/C14H13ClN2/c1-11(12-4-6-13(15)7-5-12)3-8-14-16-9-2-10-17-14/h2-7,9-10H,8H2,1H3. The van der Waals surface area contributed by atoms with Crippen molar-refractivity contribution in [1.29, 1.82) is 0 Å². The van der Waals surface area contributed by atoms with Crippen LogP contribution >= 0.6 is 11.6 Å². The predicted octanol–water partition coefficient (Wildman–Crippen LogP) is 3.78. The second-order valence-corrected chi connectivity index (χ2v) is 4.20. The lowest BCUT2D eigenvalue weighted by Crippen LogP contribution is -1.91. The van der Waals surface area contributed by atoms with Gasteiger partial charge in [0, 0.05) is 23.8 Å². The molecule has 3 heteroatoms. The molecule has 0 bridgehead atoms. The smallest absolute Gasteiger partial charge is 0.131 e. The average Bonchev–Trinajstić information content (AvgIpc) is 2.38. The molecular weight excluding hydrogens is 232 g/mol. The summed E-state index contributed by atoms with van der Waals surface area (Å²) in [5.41, 5.74) is 2.37. The van der Waals surface area contributed by atoms with E-state index in [-0.39, 0.29) is 0 Å². The molecule has 0 radical (unpaired) electrons. The second-order valence-electron chi connectivity index (χ2n) is 3.76. The van der Waals surface area contributed by atoms with Crippen molar-refractivity contribution in [3.63, 3.8) is 0 Å². The molecule has 1 heterocycles. The molecule has 0 amide bonds. The van der Waals surface area contributed by atoms with Gasteiger partial charge in [0.2, 0.25) is 0 Å². The molecule has 0 fully saturated rings. The maximum absolute atomic E-state index is 5.85. The van der Waals surface area contributed by atoms with Crippen LogP contribution in [-0.2, 0) is 6.42 Å². The van der Waals surface area contributed by atoms with Crippen molar-refractivity contribution >= 4 is 17.2 Å². The molecule has 0 aliphatic heterocycles. The van der Waals surface area contributed by atoms with Gasteiger partial charge in [-0.1, -0.05) is 29.8 Å². The third-order valence-electron chi connectivity index (χ3n) is 2.51. The number of hydrogen-bond donors (Lipinski definition) is 0. The minimum atomic E-state index is 0.745. The average molecular weight is 245 g/mol. The van der Waals surface area contributed by atoms with E-state index in [2.05, 4.69) is 23.0 Å². The number of hydrogen-bond acceptors (Lipinski definition) is 2. The van der Waals surface area contributed by atoms with Crippen LogP contribution in [-0.4, -0.2) is 9.97 Å². The SMILES string of the molecule is CC(=CCc1ncccn1)c1ccc(Cl)cc1. The van der Waals surface area contributed by atoms with Crippen molar-refractivity contribution in [2.75, 3.05) is 0 Å². The summed E-state index contributed by atoms with van der Waals surface area (Å²) in [5, 5.41) is 0.757. The number of allylic oxidation sites excluding steroid dienone is 2.